The lowest BCUT2D eigenvalue weighted by Gasteiger charge is -2.35. The minimum atomic E-state index is -0.475. The molecule has 1 amide bonds. The first kappa shape index (κ1) is 25.3. The molecule has 2 aromatic carbocycles. The molecule has 2 saturated heterocycles. The minimum Gasteiger partial charge on any atom is -0.490 e. The lowest BCUT2D eigenvalue weighted by Crippen LogP contribution is -2.44. The molecule has 1 aromatic heterocycles. The number of hydrogen-bond acceptors (Lipinski definition) is 6. The Morgan fingerprint density at radius 3 is 2.30 bits per heavy atom. The molecule has 37 heavy (non-hydrogen) atoms. The summed E-state index contributed by atoms with van der Waals surface area (Å²) in [5, 5.41) is 1.16. The van der Waals surface area contributed by atoms with E-state index < -0.39 is 5.60 Å². The van der Waals surface area contributed by atoms with E-state index in [9.17, 15) is 4.79 Å². The summed E-state index contributed by atoms with van der Waals surface area (Å²) in [5.74, 6) is 0.861. The van der Waals surface area contributed by atoms with Gasteiger partial charge in [-0.05, 0) is 51.6 Å². The van der Waals surface area contributed by atoms with Crippen LogP contribution in [0.2, 0.25) is 0 Å². The average molecular weight is 503 g/mol. The van der Waals surface area contributed by atoms with Gasteiger partial charge < -0.3 is 24.2 Å². The van der Waals surface area contributed by atoms with Crippen LogP contribution in [0.1, 0.15) is 33.6 Å². The number of rotatable bonds is 4. The van der Waals surface area contributed by atoms with Gasteiger partial charge in [0.1, 0.15) is 17.5 Å². The molecule has 2 fully saturated rings. The number of piperazine rings is 1. The number of aromatic nitrogens is 1. The van der Waals surface area contributed by atoms with Crippen LogP contribution in [0.4, 0.5) is 10.5 Å². The number of fused-ring (bicyclic) bond motifs is 1. The second-order valence-electron chi connectivity index (χ2n) is 11.1. The molecule has 0 atom stereocenters. The predicted octanol–water partition coefficient (Wildman–Crippen LogP) is 5.43. The zero-order valence-electron chi connectivity index (χ0n) is 22.4. The SMILES string of the molecule is CN1CCN(c2c(-c3ccc(OC4CCN(C(=O)OC(C)(C)C)CC4)cc3)ccc3cccnc23)CC1. The van der Waals surface area contributed by atoms with Crippen molar-refractivity contribution in [2.24, 2.45) is 0 Å². The molecule has 0 bridgehead atoms. The summed E-state index contributed by atoms with van der Waals surface area (Å²) in [5.41, 5.74) is 4.16. The van der Waals surface area contributed by atoms with Crippen LogP contribution in [0.5, 0.6) is 5.75 Å². The van der Waals surface area contributed by atoms with Crippen molar-refractivity contribution in [3.8, 4) is 16.9 Å². The first-order chi connectivity index (χ1) is 17.8. The van der Waals surface area contributed by atoms with E-state index in [0.29, 0.717) is 13.1 Å². The normalized spacial score (nSPS) is 17.7. The van der Waals surface area contributed by atoms with Gasteiger partial charge >= 0.3 is 6.09 Å². The highest BCUT2D eigenvalue weighted by molar-refractivity contribution is 5.99. The minimum absolute atomic E-state index is 0.0929. The Balaban J connectivity index is 1.29. The molecular formula is C30H38N4O3. The molecule has 3 aromatic rings. The van der Waals surface area contributed by atoms with Crippen LogP contribution in [-0.4, -0.2) is 78.9 Å². The monoisotopic (exact) mass is 502 g/mol. The molecule has 7 nitrogen and oxygen atoms in total. The van der Waals surface area contributed by atoms with E-state index in [1.807, 2.05) is 33.0 Å². The Labute approximate surface area is 220 Å². The lowest BCUT2D eigenvalue weighted by atomic mass is 9.99. The topological polar surface area (TPSA) is 58.1 Å². The van der Waals surface area contributed by atoms with Crippen LogP contribution in [0.15, 0.2) is 54.7 Å². The molecule has 0 unspecified atom stereocenters. The Morgan fingerprint density at radius 2 is 1.62 bits per heavy atom. The fourth-order valence-electron chi connectivity index (χ4n) is 5.10. The quantitative estimate of drug-likeness (QED) is 0.474. The van der Waals surface area contributed by atoms with Crippen molar-refractivity contribution >= 4 is 22.7 Å². The maximum Gasteiger partial charge on any atom is 0.410 e. The first-order valence-corrected chi connectivity index (χ1v) is 13.3. The number of anilines is 1. The summed E-state index contributed by atoms with van der Waals surface area (Å²) in [6.07, 6.45) is 3.33. The molecule has 3 heterocycles. The van der Waals surface area contributed by atoms with Crippen LogP contribution < -0.4 is 9.64 Å². The molecule has 0 spiro atoms. The summed E-state index contributed by atoms with van der Waals surface area (Å²) in [6.45, 7) is 11.0. The van der Waals surface area contributed by atoms with Crippen molar-refractivity contribution in [3.63, 3.8) is 0 Å². The molecular weight excluding hydrogens is 464 g/mol. The third kappa shape index (κ3) is 5.99. The number of piperidine rings is 1. The van der Waals surface area contributed by atoms with E-state index in [-0.39, 0.29) is 12.2 Å². The van der Waals surface area contributed by atoms with Crippen molar-refractivity contribution in [3.05, 3.63) is 54.7 Å². The average Bonchev–Trinajstić information content (AvgIpc) is 2.88. The summed E-state index contributed by atoms with van der Waals surface area (Å²) >= 11 is 0. The van der Waals surface area contributed by atoms with Gasteiger partial charge in [-0.15, -0.1) is 0 Å². The number of pyridine rings is 1. The molecule has 7 heteroatoms. The Morgan fingerprint density at radius 1 is 0.919 bits per heavy atom. The van der Waals surface area contributed by atoms with Gasteiger partial charge in [0.25, 0.3) is 0 Å². The largest absolute Gasteiger partial charge is 0.490 e. The van der Waals surface area contributed by atoms with Gasteiger partial charge in [-0.25, -0.2) is 4.79 Å². The standard InChI is InChI=1S/C30H38N4O3/c1-30(2,3)37-29(35)34-16-13-25(14-17-34)36-24-10-7-22(8-11-24)26-12-9-23-6-5-15-31-27(23)28(26)33-20-18-32(4)19-21-33/h5-12,15,25H,13-14,16-21H2,1-4H3. The predicted molar refractivity (Wildman–Crippen MR) is 148 cm³/mol. The van der Waals surface area contributed by atoms with E-state index in [2.05, 4.69) is 59.3 Å². The summed E-state index contributed by atoms with van der Waals surface area (Å²) in [7, 11) is 2.18. The number of carbonyl (C=O) groups excluding carboxylic acids is 1. The van der Waals surface area contributed by atoms with Crippen LogP contribution in [0.25, 0.3) is 22.0 Å². The number of benzene rings is 2. The van der Waals surface area contributed by atoms with Gasteiger partial charge in [-0.3, -0.25) is 4.98 Å². The maximum absolute atomic E-state index is 12.3. The van der Waals surface area contributed by atoms with Crippen molar-refractivity contribution < 1.29 is 14.3 Å². The molecule has 0 N–H and O–H groups in total. The highest BCUT2D eigenvalue weighted by Crippen LogP contribution is 2.37. The van der Waals surface area contributed by atoms with Crippen molar-refractivity contribution in [1.82, 2.24) is 14.8 Å². The van der Waals surface area contributed by atoms with Gasteiger partial charge in [0.15, 0.2) is 0 Å². The number of ether oxygens (including phenoxy) is 2. The van der Waals surface area contributed by atoms with Gasteiger partial charge in [-0.2, -0.15) is 0 Å². The van der Waals surface area contributed by atoms with E-state index in [0.717, 1.165) is 61.2 Å². The smallest absolute Gasteiger partial charge is 0.410 e. The van der Waals surface area contributed by atoms with Crippen molar-refractivity contribution in [2.45, 2.75) is 45.3 Å². The van der Waals surface area contributed by atoms with E-state index >= 15 is 0 Å². The molecule has 0 aliphatic carbocycles. The highest BCUT2D eigenvalue weighted by Gasteiger charge is 2.28. The van der Waals surface area contributed by atoms with Crippen LogP contribution >= 0.6 is 0 Å². The number of likely N-dealkylation sites (tertiary alicyclic amines) is 1. The van der Waals surface area contributed by atoms with E-state index in [4.69, 9.17) is 14.5 Å². The third-order valence-electron chi connectivity index (χ3n) is 7.13. The first-order valence-electron chi connectivity index (χ1n) is 13.3. The molecule has 196 valence electrons. The fourth-order valence-corrected chi connectivity index (χ4v) is 5.10. The van der Waals surface area contributed by atoms with E-state index in [1.165, 1.54) is 11.3 Å². The van der Waals surface area contributed by atoms with Gasteiger partial charge in [0, 0.05) is 69.3 Å². The van der Waals surface area contributed by atoms with Gasteiger partial charge in [-0.1, -0.05) is 30.3 Å². The zero-order chi connectivity index (χ0) is 26.0. The second kappa shape index (κ2) is 10.6. The number of nitrogens with zero attached hydrogens (tertiary/aromatic N) is 4. The zero-order valence-corrected chi connectivity index (χ0v) is 22.4. The molecule has 2 aliphatic rings. The van der Waals surface area contributed by atoms with Gasteiger partial charge in [0.2, 0.25) is 0 Å². The molecule has 0 radical (unpaired) electrons. The van der Waals surface area contributed by atoms with Crippen LogP contribution in [0, 0.1) is 0 Å². The number of likely N-dealkylation sites (N-methyl/N-ethyl adjacent to an activating group) is 1. The number of hydrogen-bond donors (Lipinski definition) is 0. The summed E-state index contributed by atoms with van der Waals surface area (Å²) in [6, 6.07) is 16.9. The van der Waals surface area contributed by atoms with E-state index in [1.54, 1.807) is 4.90 Å². The maximum atomic E-state index is 12.3. The van der Waals surface area contributed by atoms with Gasteiger partial charge in [0.05, 0.1) is 11.2 Å². The number of carbonyl (C=O) groups is 1. The third-order valence-corrected chi connectivity index (χ3v) is 7.13. The van der Waals surface area contributed by atoms with Crippen molar-refractivity contribution in [1.29, 1.82) is 0 Å². The van der Waals surface area contributed by atoms with Crippen LogP contribution in [-0.2, 0) is 4.74 Å². The van der Waals surface area contributed by atoms with Crippen LogP contribution in [0.3, 0.4) is 0 Å². The highest BCUT2D eigenvalue weighted by atomic mass is 16.6. The second-order valence-corrected chi connectivity index (χ2v) is 11.1. The molecule has 2 aliphatic heterocycles. The Hall–Kier alpha value is -3.32. The molecule has 0 saturated carbocycles. The summed E-state index contributed by atoms with van der Waals surface area (Å²) in [4.78, 5) is 23.8. The Bertz CT molecular complexity index is 1220. The number of amides is 1. The molecule has 5 rings (SSSR count). The van der Waals surface area contributed by atoms with Crippen molar-refractivity contribution in [2.75, 3.05) is 51.2 Å². The Kier molecular flexibility index (Phi) is 7.24. The summed E-state index contributed by atoms with van der Waals surface area (Å²) < 4.78 is 11.8. The lowest BCUT2D eigenvalue weighted by molar-refractivity contribution is 0.0126. The fraction of sp³-hybridized carbons (Fsp3) is 0.467.